The highest BCUT2D eigenvalue weighted by Gasteiger charge is 2.14. The van der Waals surface area contributed by atoms with Crippen LogP contribution in [-0.2, 0) is 6.54 Å². The third-order valence-corrected chi connectivity index (χ3v) is 2.86. The Labute approximate surface area is 106 Å². The lowest BCUT2D eigenvalue weighted by Crippen LogP contribution is -2.23. The molecule has 3 nitrogen and oxygen atoms in total. The molecule has 1 unspecified atom stereocenters. The smallest absolute Gasteiger partial charge is 0.0537 e. The van der Waals surface area contributed by atoms with Crippen LogP contribution in [0.5, 0.6) is 0 Å². The Bertz CT molecular complexity index is 304. The van der Waals surface area contributed by atoms with Gasteiger partial charge in [0.2, 0.25) is 0 Å². The summed E-state index contributed by atoms with van der Waals surface area (Å²) in [7, 11) is 0. The first-order valence-electron chi connectivity index (χ1n) is 6.93. The van der Waals surface area contributed by atoms with Gasteiger partial charge >= 0.3 is 0 Å². The topological polar surface area (TPSA) is 29.9 Å². The minimum Gasteiger partial charge on any atom is -0.310 e. The lowest BCUT2D eigenvalue weighted by atomic mass is 9.99. The first-order chi connectivity index (χ1) is 8.17. The summed E-state index contributed by atoms with van der Waals surface area (Å²) < 4.78 is 2.05. The lowest BCUT2D eigenvalue weighted by molar-refractivity contribution is 0.430. The van der Waals surface area contributed by atoms with Crippen molar-refractivity contribution in [3.63, 3.8) is 0 Å². The molecule has 0 aliphatic rings. The predicted molar refractivity (Wildman–Crippen MR) is 73.0 cm³/mol. The molecular formula is C14H27N3. The second-order valence-corrected chi connectivity index (χ2v) is 5.17. The third kappa shape index (κ3) is 4.90. The van der Waals surface area contributed by atoms with Gasteiger partial charge in [-0.1, -0.05) is 27.7 Å². The van der Waals surface area contributed by atoms with Crippen molar-refractivity contribution in [1.82, 2.24) is 15.1 Å². The van der Waals surface area contributed by atoms with Gasteiger partial charge in [-0.3, -0.25) is 4.68 Å². The van der Waals surface area contributed by atoms with Crippen molar-refractivity contribution >= 4 is 0 Å². The number of hydrogen-bond donors (Lipinski definition) is 1. The van der Waals surface area contributed by atoms with E-state index in [1.54, 1.807) is 0 Å². The Hall–Kier alpha value is -0.830. The van der Waals surface area contributed by atoms with Gasteiger partial charge in [-0.05, 0) is 31.7 Å². The summed E-state index contributed by atoms with van der Waals surface area (Å²) >= 11 is 0. The van der Waals surface area contributed by atoms with Crippen molar-refractivity contribution in [3.05, 3.63) is 18.0 Å². The number of hydrogen-bond acceptors (Lipinski definition) is 2. The molecule has 0 aromatic carbocycles. The number of nitrogens with zero attached hydrogens (tertiary/aromatic N) is 2. The molecule has 0 bridgehead atoms. The van der Waals surface area contributed by atoms with E-state index in [0.717, 1.165) is 19.5 Å². The lowest BCUT2D eigenvalue weighted by Gasteiger charge is -2.19. The van der Waals surface area contributed by atoms with Crippen molar-refractivity contribution in [2.24, 2.45) is 5.92 Å². The Kier molecular flexibility index (Phi) is 6.27. The maximum absolute atomic E-state index is 4.42. The molecule has 98 valence electrons. The van der Waals surface area contributed by atoms with E-state index >= 15 is 0 Å². The highest BCUT2D eigenvalue weighted by atomic mass is 15.3. The highest BCUT2D eigenvalue weighted by Crippen LogP contribution is 2.20. The molecule has 1 atom stereocenters. The van der Waals surface area contributed by atoms with Crippen molar-refractivity contribution in [1.29, 1.82) is 0 Å². The average Bonchev–Trinajstić information content (AvgIpc) is 2.73. The van der Waals surface area contributed by atoms with E-state index in [9.17, 15) is 0 Å². The number of aryl methyl sites for hydroxylation is 1. The minimum absolute atomic E-state index is 0.459. The third-order valence-electron chi connectivity index (χ3n) is 2.86. The molecule has 0 spiro atoms. The Morgan fingerprint density at radius 2 is 2.06 bits per heavy atom. The molecule has 1 heterocycles. The minimum atomic E-state index is 0.459. The first kappa shape index (κ1) is 14.2. The zero-order valence-corrected chi connectivity index (χ0v) is 11.7. The Morgan fingerprint density at radius 1 is 1.29 bits per heavy atom. The summed E-state index contributed by atoms with van der Waals surface area (Å²) in [6.45, 7) is 11.0. The summed E-state index contributed by atoms with van der Waals surface area (Å²) in [5, 5.41) is 8.04. The fourth-order valence-electron chi connectivity index (χ4n) is 2.04. The number of rotatable bonds is 8. The number of nitrogens with one attached hydrogen (secondary N) is 1. The van der Waals surface area contributed by atoms with Gasteiger partial charge in [0, 0.05) is 24.3 Å². The number of aromatic nitrogens is 2. The van der Waals surface area contributed by atoms with E-state index in [4.69, 9.17) is 0 Å². The van der Waals surface area contributed by atoms with E-state index in [0.29, 0.717) is 12.0 Å². The largest absolute Gasteiger partial charge is 0.310 e. The van der Waals surface area contributed by atoms with Gasteiger partial charge < -0.3 is 5.32 Å². The van der Waals surface area contributed by atoms with Gasteiger partial charge in [-0.2, -0.15) is 5.10 Å². The van der Waals surface area contributed by atoms with E-state index in [2.05, 4.69) is 49.0 Å². The van der Waals surface area contributed by atoms with Gasteiger partial charge in [0.05, 0.1) is 6.20 Å². The molecule has 3 heteroatoms. The van der Waals surface area contributed by atoms with Crippen molar-refractivity contribution in [2.75, 3.05) is 6.54 Å². The molecular weight excluding hydrogens is 210 g/mol. The fourth-order valence-corrected chi connectivity index (χ4v) is 2.04. The standard InChI is InChI=1S/C14H27N3/c1-5-7-15-14(9-12(3)4)13-10-16-17(11-13)8-6-2/h10-12,14-15H,5-9H2,1-4H3. The van der Waals surface area contributed by atoms with E-state index in [1.807, 2.05) is 6.20 Å². The zero-order valence-electron chi connectivity index (χ0n) is 11.7. The van der Waals surface area contributed by atoms with Crippen LogP contribution in [0.2, 0.25) is 0 Å². The zero-order chi connectivity index (χ0) is 12.7. The van der Waals surface area contributed by atoms with Crippen molar-refractivity contribution < 1.29 is 0 Å². The van der Waals surface area contributed by atoms with Crippen LogP contribution in [0.25, 0.3) is 0 Å². The Balaban J connectivity index is 2.65. The molecule has 0 radical (unpaired) electrons. The van der Waals surface area contributed by atoms with Gasteiger partial charge in [0.25, 0.3) is 0 Å². The summed E-state index contributed by atoms with van der Waals surface area (Å²) in [5.74, 6) is 0.707. The van der Waals surface area contributed by atoms with Gasteiger partial charge in [0.15, 0.2) is 0 Å². The van der Waals surface area contributed by atoms with E-state index < -0.39 is 0 Å². The summed E-state index contributed by atoms with van der Waals surface area (Å²) in [6, 6.07) is 0.459. The average molecular weight is 237 g/mol. The second kappa shape index (κ2) is 7.49. The molecule has 0 amide bonds. The summed E-state index contributed by atoms with van der Waals surface area (Å²) in [6.07, 6.45) is 7.71. The van der Waals surface area contributed by atoms with Gasteiger partial charge in [-0.25, -0.2) is 0 Å². The molecule has 0 saturated carbocycles. The monoisotopic (exact) mass is 237 g/mol. The summed E-state index contributed by atoms with van der Waals surface area (Å²) in [5.41, 5.74) is 1.33. The van der Waals surface area contributed by atoms with Crippen LogP contribution < -0.4 is 5.32 Å². The highest BCUT2D eigenvalue weighted by molar-refractivity contribution is 5.10. The van der Waals surface area contributed by atoms with Crippen molar-refractivity contribution in [3.8, 4) is 0 Å². The molecule has 1 N–H and O–H groups in total. The molecule has 17 heavy (non-hydrogen) atoms. The normalized spacial score (nSPS) is 13.2. The van der Waals surface area contributed by atoms with Crippen LogP contribution in [0.1, 0.15) is 58.6 Å². The molecule has 0 aliphatic carbocycles. The van der Waals surface area contributed by atoms with E-state index in [1.165, 1.54) is 18.4 Å². The van der Waals surface area contributed by atoms with Crippen LogP contribution >= 0.6 is 0 Å². The fraction of sp³-hybridized carbons (Fsp3) is 0.786. The molecule has 1 rings (SSSR count). The van der Waals surface area contributed by atoms with Crippen LogP contribution in [0.15, 0.2) is 12.4 Å². The molecule has 0 saturated heterocycles. The Morgan fingerprint density at radius 3 is 2.65 bits per heavy atom. The molecule has 1 aromatic heterocycles. The quantitative estimate of drug-likeness (QED) is 0.751. The van der Waals surface area contributed by atoms with Gasteiger partial charge in [-0.15, -0.1) is 0 Å². The predicted octanol–water partition coefficient (Wildman–Crippen LogP) is 3.38. The van der Waals surface area contributed by atoms with Crippen LogP contribution in [0.4, 0.5) is 0 Å². The molecule has 1 aromatic rings. The summed E-state index contributed by atoms with van der Waals surface area (Å²) in [4.78, 5) is 0. The molecule has 0 aliphatic heterocycles. The maximum Gasteiger partial charge on any atom is 0.0537 e. The first-order valence-corrected chi connectivity index (χ1v) is 6.93. The van der Waals surface area contributed by atoms with Crippen LogP contribution in [-0.4, -0.2) is 16.3 Å². The molecule has 0 fully saturated rings. The maximum atomic E-state index is 4.42. The van der Waals surface area contributed by atoms with Crippen LogP contribution in [0.3, 0.4) is 0 Å². The SMILES string of the molecule is CCCNC(CC(C)C)c1cnn(CCC)c1. The second-order valence-electron chi connectivity index (χ2n) is 5.17. The van der Waals surface area contributed by atoms with E-state index in [-0.39, 0.29) is 0 Å². The van der Waals surface area contributed by atoms with Crippen LogP contribution in [0, 0.1) is 5.92 Å². The van der Waals surface area contributed by atoms with Gasteiger partial charge in [0.1, 0.15) is 0 Å². The van der Waals surface area contributed by atoms with Crippen molar-refractivity contribution in [2.45, 2.75) is 59.5 Å².